The van der Waals surface area contributed by atoms with E-state index < -0.39 is 59.4 Å². The van der Waals surface area contributed by atoms with E-state index in [0.717, 1.165) is 18.4 Å². The Kier molecular flexibility index (Phi) is 9.91. The van der Waals surface area contributed by atoms with E-state index in [1.165, 1.54) is 31.7 Å². The highest BCUT2D eigenvalue weighted by molar-refractivity contribution is 5.92. The lowest BCUT2D eigenvalue weighted by Gasteiger charge is -2.24. The molecule has 0 aromatic carbocycles. The van der Waals surface area contributed by atoms with E-state index >= 15 is 0 Å². The van der Waals surface area contributed by atoms with Crippen LogP contribution >= 0.6 is 0 Å². The standard InChI is InChI=1S/C16H20N4O8.C5H6N4O/c1-7(21)25-6-10-12(26-8(2)22)13(27-9(3)23)16(28-10)20-5-4-19-11(14(17)18)15(20)24;6-4(7)3-5(10)9-2-1-8-3/h4-5,10,12-13,16H,6H2,1-3H3,(H3,17,18);1-2H,(H3,6,7)(H,9,10)/t10-,12-,13?,16-;/m1./s1. The number of amidine groups is 2. The molecule has 17 nitrogen and oxygen atoms in total. The fourth-order valence-corrected chi connectivity index (χ4v) is 3.27. The monoisotopic (exact) mass is 534 g/mol. The number of esters is 3. The predicted molar refractivity (Wildman–Crippen MR) is 127 cm³/mol. The lowest BCUT2D eigenvalue weighted by Crippen LogP contribution is -2.42. The second kappa shape index (κ2) is 12.9. The minimum absolute atomic E-state index is 0.0394. The molecule has 0 radical (unpaired) electrons. The minimum atomic E-state index is -1.23. The molecule has 0 amide bonds. The van der Waals surface area contributed by atoms with Crippen LogP contribution in [0.1, 0.15) is 38.4 Å². The van der Waals surface area contributed by atoms with Gasteiger partial charge in [-0.05, 0) is 0 Å². The van der Waals surface area contributed by atoms with E-state index in [9.17, 15) is 24.0 Å². The summed E-state index contributed by atoms with van der Waals surface area (Å²) in [5.74, 6) is -2.88. The predicted octanol–water partition coefficient (Wildman–Crippen LogP) is -2.09. The number of carbonyl (C=O) groups excluding carboxylic acids is 3. The third-order valence-corrected chi connectivity index (χ3v) is 4.70. The molecule has 1 unspecified atom stereocenters. The molecule has 1 fully saturated rings. The maximum absolute atomic E-state index is 12.6. The van der Waals surface area contributed by atoms with E-state index in [0.29, 0.717) is 0 Å². The molecule has 0 bridgehead atoms. The van der Waals surface area contributed by atoms with Crippen LogP contribution in [0.5, 0.6) is 0 Å². The molecule has 4 atom stereocenters. The molecule has 0 spiro atoms. The van der Waals surface area contributed by atoms with Crippen molar-refractivity contribution in [2.24, 2.45) is 11.5 Å². The molecule has 2 aromatic heterocycles. The Morgan fingerprint density at radius 1 is 0.974 bits per heavy atom. The molecule has 0 aliphatic carbocycles. The summed E-state index contributed by atoms with van der Waals surface area (Å²) in [6.45, 7) is 3.16. The van der Waals surface area contributed by atoms with Gasteiger partial charge in [0.05, 0.1) is 0 Å². The topological polar surface area (TPSA) is 269 Å². The zero-order chi connectivity index (χ0) is 28.6. The zero-order valence-corrected chi connectivity index (χ0v) is 20.5. The molecule has 7 N–H and O–H groups in total. The van der Waals surface area contributed by atoms with Gasteiger partial charge in [0, 0.05) is 45.6 Å². The van der Waals surface area contributed by atoms with Gasteiger partial charge in [-0.1, -0.05) is 0 Å². The summed E-state index contributed by atoms with van der Waals surface area (Å²) in [4.78, 5) is 67.2. The van der Waals surface area contributed by atoms with Crippen LogP contribution < -0.4 is 22.6 Å². The first-order valence-corrected chi connectivity index (χ1v) is 10.8. The Hall–Kier alpha value is -4.93. The number of ether oxygens (including phenoxy) is 4. The van der Waals surface area contributed by atoms with Gasteiger partial charge >= 0.3 is 17.9 Å². The highest BCUT2D eigenvalue weighted by Gasteiger charge is 2.51. The number of aromatic amines is 1. The van der Waals surface area contributed by atoms with Gasteiger partial charge in [0.15, 0.2) is 29.8 Å². The highest BCUT2D eigenvalue weighted by Crippen LogP contribution is 2.33. The smallest absolute Gasteiger partial charge is 0.303 e. The van der Waals surface area contributed by atoms with Gasteiger partial charge < -0.3 is 35.4 Å². The summed E-state index contributed by atoms with van der Waals surface area (Å²) in [6, 6.07) is 0. The first-order chi connectivity index (χ1) is 17.8. The zero-order valence-electron chi connectivity index (χ0n) is 20.5. The van der Waals surface area contributed by atoms with E-state index in [1.54, 1.807) is 0 Å². The Balaban J connectivity index is 0.000000423. The van der Waals surface area contributed by atoms with Gasteiger partial charge in [-0.25, -0.2) is 9.97 Å². The molecule has 204 valence electrons. The van der Waals surface area contributed by atoms with Crippen molar-refractivity contribution in [2.45, 2.75) is 45.3 Å². The molecule has 3 heterocycles. The van der Waals surface area contributed by atoms with E-state index in [1.807, 2.05) is 0 Å². The number of nitrogens with zero attached hydrogens (tertiary/aromatic N) is 3. The summed E-state index contributed by atoms with van der Waals surface area (Å²) < 4.78 is 22.1. The Bertz CT molecular complexity index is 1340. The van der Waals surface area contributed by atoms with Crippen LogP contribution in [0.25, 0.3) is 0 Å². The quantitative estimate of drug-likeness (QED) is 0.110. The molecule has 1 aliphatic heterocycles. The van der Waals surface area contributed by atoms with Crippen LogP contribution in [0.3, 0.4) is 0 Å². The number of nitrogens with one attached hydrogen (secondary N) is 3. The van der Waals surface area contributed by atoms with Crippen molar-refractivity contribution >= 4 is 29.6 Å². The van der Waals surface area contributed by atoms with E-state index in [-0.39, 0.29) is 23.8 Å². The molecular formula is C21H26N8O9. The minimum Gasteiger partial charge on any atom is -0.463 e. The summed E-state index contributed by atoms with van der Waals surface area (Å²) in [5.41, 5.74) is 8.79. The number of nitrogen functional groups attached to an aromatic ring is 2. The third-order valence-electron chi connectivity index (χ3n) is 4.70. The SMILES string of the molecule is CC(=O)OC[C@H]1O[C@@H](n2ccnc(C(=N)N)c2=O)C(OC(C)=O)[C@@H]1OC(C)=O.N=C(N)c1ncc[nH]c1=O. The van der Waals surface area contributed by atoms with Crippen LogP contribution in [0, 0.1) is 10.8 Å². The Morgan fingerprint density at radius 2 is 1.55 bits per heavy atom. The van der Waals surface area contributed by atoms with Gasteiger partial charge in [-0.3, -0.25) is 39.4 Å². The van der Waals surface area contributed by atoms with Crippen LogP contribution in [-0.4, -0.2) is 74.0 Å². The summed E-state index contributed by atoms with van der Waals surface area (Å²) in [5, 5.41) is 14.3. The number of hydrogen-bond acceptors (Lipinski definition) is 13. The molecule has 3 rings (SSSR count). The summed E-state index contributed by atoms with van der Waals surface area (Å²) in [6.07, 6.45) is 0.605. The van der Waals surface area contributed by atoms with Crippen LogP contribution in [0.4, 0.5) is 0 Å². The number of aromatic nitrogens is 4. The normalized spacial score (nSPS) is 19.9. The van der Waals surface area contributed by atoms with Crippen LogP contribution in [0.15, 0.2) is 34.4 Å². The Labute approximate surface area is 214 Å². The van der Waals surface area contributed by atoms with Crippen molar-refractivity contribution in [1.82, 2.24) is 19.5 Å². The molecular weight excluding hydrogens is 508 g/mol. The molecule has 1 saturated heterocycles. The summed E-state index contributed by atoms with van der Waals surface area (Å²) >= 11 is 0. The number of hydrogen-bond donors (Lipinski definition) is 5. The number of nitrogens with two attached hydrogens (primary N) is 2. The molecule has 17 heteroatoms. The molecule has 1 aliphatic rings. The van der Waals surface area contributed by atoms with Gasteiger partial charge in [-0.15, -0.1) is 0 Å². The lowest BCUT2D eigenvalue weighted by molar-refractivity contribution is -0.166. The van der Waals surface area contributed by atoms with Crippen molar-refractivity contribution in [1.29, 1.82) is 10.8 Å². The van der Waals surface area contributed by atoms with Crippen LogP contribution in [-0.2, 0) is 33.3 Å². The van der Waals surface area contributed by atoms with E-state index in [4.69, 9.17) is 41.2 Å². The van der Waals surface area contributed by atoms with Crippen LogP contribution in [0.2, 0.25) is 0 Å². The van der Waals surface area contributed by atoms with E-state index in [2.05, 4.69) is 15.0 Å². The van der Waals surface area contributed by atoms with Gasteiger partial charge in [0.1, 0.15) is 24.4 Å². The lowest BCUT2D eigenvalue weighted by atomic mass is 10.1. The first-order valence-electron chi connectivity index (χ1n) is 10.8. The number of rotatable bonds is 7. The van der Waals surface area contributed by atoms with Crippen molar-refractivity contribution in [2.75, 3.05) is 6.61 Å². The number of carbonyl (C=O) groups is 3. The maximum atomic E-state index is 12.6. The van der Waals surface area contributed by atoms with Gasteiger partial charge in [-0.2, -0.15) is 0 Å². The Morgan fingerprint density at radius 3 is 2.05 bits per heavy atom. The van der Waals surface area contributed by atoms with Crippen molar-refractivity contribution in [3.8, 4) is 0 Å². The molecule has 0 saturated carbocycles. The van der Waals surface area contributed by atoms with Crippen molar-refractivity contribution in [3.63, 3.8) is 0 Å². The average molecular weight is 534 g/mol. The second-order valence-corrected chi connectivity index (χ2v) is 7.60. The average Bonchev–Trinajstić information content (AvgIpc) is 3.13. The largest absolute Gasteiger partial charge is 0.463 e. The fourth-order valence-electron chi connectivity index (χ4n) is 3.27. The fraction of sp³-hybridized carbons (Fsp3) is 0.381. The molecule has 38 heavy (non-hydrogen) atoms. The maximum Gasteiger partial charge on any atom is 0.303 e. The second-order valence-electron chi connectivity index (χ2n) is 7.60. The third kappa shape index (κ3) is 7.53. The summed E-state index contributed by atoms with van der Waals surface area (Å²) in [7, 11) is 0. The number of H-pyrrole nitrogens is 1. The van der Waals surface area contributed by atoms with Crippen molar-refractivity contribution in [3.05, 3.63) is 56.9 Å². The first kappa shape index (κ1) is 29.3. The van der Waals surface area contributed by atoms with Gasteiger partial charge in [0.2, 0.25) is 0 Å². The van der Waals surface area contributed by atoms with Gasteiger partial charge in [0.25, 0.3) is 11.1 Å². The van der Waals surface area contributed by atoms with Crippen molar-refractivity contribution < 1.29 is 33.3 Å². The molecule has 2 aromatic rings. The highest BCUT2D eigenvalue weighted by atomic mass is 16.7.